The summed E-state index contributed by atoms with van der Waals surface area (Å²) in [6, 6.07) is 2.79. The molecule has 0 spiro atoms. The van der Waals surface area contributed by atoms with Gasteiger partial charge in [0.05, 0.1) is 11.3 Å². The van der Waals surface area contributed by atoms with Gasteiger partial charge in [-0.1, -0.05) is 0 Å². The summed E-state index contributed by atoms with van der Waals surface area (Å²) in [5, 5.41) is 13.6. The van der Waals surface area contributed by atoms with Crippen molar-refractivity contribution in [2.24, 2.45) is 0 Å². The molecule has 1 aromatic rings. The van der Waals surface area contributed by atoms with Crippen molar-refractivity contribution in [3.05, 3.63) is 29.6 Å². The number of carbonyl (C=O) groups is 2. The maximum absolute atomic E-state index is 13.6. The molecule has 0 fully saturated rings. The van der Waals surface area contributed by atoms with Crippen molar-refractivity contribution < 1.29 is 19.1 Å². The molecule has 110 valence electrons. The van der Waals surface area contributed by atoms with Gasteiger partial charge in [-0.2, -0.15) is 0 Å². The lowest BCUT2D eigenvalue weighted by atomic mass is 10.2. The molecule has 6 nitrogen and oxygen atoms in total. The van der Waals surface area contributed by atoms with Gasteiger partial charge >= 0.3 is 12.0 Å². The van der Waals surface area contributed by atoms with E-state index in [1.807, 2.05) is 19.0 Å². The molecule has 0 unspecified atom stereocenters. The molecule has 0 saturated carbocycles. The molecule has 0 aromatic heterocycles. The maximum Gasteiger partial charge on any atom is 0.335 e. The molecular weight excluding hydrogens is 265 g/mol. The molecule has 0 bridgehead atoms. The second-order valence-corrected chi connectivity index (χ2v) is 4.54. The summed E-state index contributed by atoms with van der Waals surface area (Å²) in [5.74, 6) is -2.00. The molecule has 0 aliphatic heterocycles. The molecular formula is C13H18FN3O3. The number of carboxylic acid groups (broad SMARTS) is 1. The molecule has 0 aliphatic rings. The Balaban J connectivity index is 2.48. The van der Waals surface area contributed by atoms with E-state index >= 15 is 0 Å². The number of carboxylic acids is 1. The predicted octanol–water partition coefficient (Wildman–Crippen LogP) is 1.60. The molecule has 3 N–H and O–H groups in total. The summed E-state index contributed by atoms with van der Waals surface area (Å²) in [5.41, 5.74) is -0.223. The zero-order valence-electron chi connectivity index (χ0n) is 11.4. The van der Waals surface area contributed by atoms with E-state index in [1.165, 1.54) is 12.1 Å². The molecule has 0 aliphatic carbocycles. The van der Waals surface area contributed by atoms with Gasteiger partial charge in [0.2, 0.25) is 0 Å². The number of benzene rings is 1. The average Bonchev–Trinajstić information content (AvgIpc) is 2.36. The van der Waals surface area contributed by atoms with Crippen LogP contribution in [-0.4, -0.2) is 49.2 Å². The van der Waals surface area contributed by atoms with Crippen LogP contribution in [0.5, 0.6) is 0 Å². The number of anilines is 1. The second kappa shape index (κ2) is 7.44. The zero-order valence-corrected chi connectivity index (χ0v) is 11.4. The van der Waals surface area contributed by atoms with E-state index in [0.29, 0.717) is 6.54 Å². The third-order valence-corrected chi connectivity index (χ3v) is 2.53. The van der Waals surface area contributed by atoms with E-state index in [2.05, 4.69) is 10.6 Å². The van der Waals surface area contributed by atoms with Crippen molar-refractivity contribution in [3.63, 3.8) is 0 Å². The molecule has 20 heavy (non-hydrogen) atoms. The number of aromatic carboxylic acids is 1. The lowest BCUT2D eigenvalue weighted by Crippen LogP contribution is -2.31. The minimum Gasteiger partial charge on any atom is -0.478 e. The highest BCUT2D eigenvalue weighted by Crippen LogP contribution is 2.15. The monoisotopic (exact) mass is 283 g/mol. The van der Waals surface area contributed by atoms with Crippen molar-refractivity contribution >= 4 is 17.7 Å². The van der Waals surface area contributed by atoms with Gasteiger partial charge in [-0.05, 0) is 45.3 Å². The Hall–Kier alpha value is -2.15. The Kier molecular flexibility index (Phi) is 5.92. The van der Waals surface area contributed by atoms with Crippen LogP contribution >= 0.6 is 0 Å². The minimum absolute atomic E-state index is 0.0555. The first-order valence-corrected chi connectivity index (χ1v) is 6.12. The summed E-state index contributed by atoms with van der Waals surface area (Å²) in [7, 11) is 3.86. The van der Waals surface area contributed by atoms with Crippen LogP contribution in [0.1, 0.15) is 16.8 Å². The lowest BCUT2D eigenvalue weighted by Gasteiger charge is -2.11. The number of hydrogen-bond acceptors (Lipinski definition) is 3. The number of halogens is 1. The number of carbonyl (C=O) groups excluding carboxylic acids is 1. The van der Waals surface area contributed by atoms with Gasteiger partial charge in [-0.15, -0.1) is 0 Å². The fourth-order valence-corrected chi connectivity index (χ4v) is 1.51. The van der Waals surface area contributed by atoms with Crippen LogP contribution < -0.4 is 10.6 Å². The number of urea groups is 1. The molecule has 7 heteroatoms. The fourth-order valence-electron chi connectivity index (χ4n) is 1.51. The first-order chi connectivity index (χ1) is 9.40. The number of nitrogens with one attached hydrogen (secondary N) is 2. The molecule has 1 aromatic carbocycles. The summed E-state index contributed by atoms with van der Waals surface area (Å²) in [6.45, 7) is 1.31. The van der Waals surface area contributed by atoms with Gasteiger partial charge < -0.3 is 20.6 Å². The Morgan fingerprint density at radius 3 is 2.60 bits per heavy atom. The van der Waals surface area contributed by atoms with Crippen LogP contribution in [0.3, 0.4) is 0 Å². The predicted molar refractivity (Wildman–Crippen MR) is 73.6 cm³/mol. The first kappa shape index (κ1) is 15.9. The highest BCUT2D eigenvalue weighted by atomic mass is 19.1. The number of nitrogens with zero attached hydrogens (tertiary/aromatic N) is 1. The Morgan fingerprint density at radius 1 is 1.35 bits per heavy atom. The van der Waals surface area contributed by atoms with Crippen LogP contribution in [0.4, 0.5) is 14.9 Å². The van der Waals surface area contributed by atoms with E-state index < -0.39 is 17.8 Å². The molecule has 0 heterocycles. The molecule has 0 saturated heterocycles. The van der Waals surface area contributed by atoms with Crippen molar-refractivity contribution in [1.82, 2.24) is 10.2 Å². The summed E-state index contributed by atoms with van der Waals surface area (Å²) >= 11 is 0. The van der Waals surface area contributed by atoms with Gasteiger partial charge in [0.25, 0.3) is 0 Å². The Bertz CT molecular complexity index is 492. The summed E-state index contributed by atoms with van der Waals surface area (Å²) < 4.78 is 13.6. The van der Waals surface area contributed by atoms with Crippen LogP contribution in [-0.2, 0) is 0 Å². The van der Waals surface area contributed by atoms with Crippen molar-refractivity contribution in [2.45, 2.75) is 6.42 Å². The standard InChI is InChI=1S/C13H18FN3O3/c1-17(2)7-3-6-15-13(20)16-11-5-4-9(12(18)19)8-10(11)14/h4-5,8H,3,6-7H2,1-2H3,(H,18,19)(H2,15,16,20). The number of amides is 2. The maximum atomic E-state index is 13.6. The highest BCUT2D eigenvalue weighted by Gasteiger charge is 2.10. The van der Waals surface area contributed by atoms with Gasteiger partial charge in [0.15, 0.2) is 0 Å². The smallest absolute Gasteiger partial charge is 0.335 e. The summed E-state index contributed by atoms with van der Waals surface area (Å²) in [6.07, 6.45) is 0.779. The fraction of sp³-hybridized carbons (Fsp3) is 0.385. The quantitative estimate of drug-likeness (QED) is 0.693. The largest absolute Gasteiger partial charge is 0.478 e. The molecule has 1 rings (SSSR count). The topological polar surface area (TPSA) is 81.7 Å². The Morgan fingerprint density at radius 2 is 2.05 bits per heavy atom. The lowest BCUT2D eigenvalue weighted by molar-refractivity contribution is 0.0696. The SMILES string of the molecule is CN(C)CCCNC(=O)Nc1ccc(C(=O)O)cc1F. The molecule has 0 atom stereocenters. The van der Waals surface area contributed by atoms with Crippen molar-refractivity contribution in [1.29, 1.82) is 0 Å². The second-order valence-electron chi connectivity index (χ2n) is 4.54. The van der Waals surface area contributed by atoms with Crippen LogP contribution in [0.25, 0.3) is 0 Å². The minimum atomic E-state index is -1.22. The first-order valence-electron chi connectivity index (χ1n) is 6.12. The van der Waals surface area contributed by atoms with Crippen LogP contribution in [0.2, 0.25) is 0 Å². The van der Waals surface area contributed by atoms with E-state index in [4.69, 9.17) is 5.11 Å². The van der Waals surface area contributed by atoms with Gasteiger partial charge in [0.1, 0.15) is 5.82 Å². The van der Waals surface area contributed by atoms with Gasteiger partial charge in [-0.25, -0.2) is 14.0 Å². The zero-order chi connectivity index (χ0) is 15.1. The number of hydrogen-bond donors (Lipinski definition) is 3. The average molecular weight is 283 g/mol. The third-order valence-electron chi connectivity index (χ3n) is 2.53. The van der Waals surface area contributed by atoms with Gasteiger partial charge in [-0.3, -0.25) is 0 Å². The highest BCUT2D eigenvalue weighted by molar-refractivity contribution is 5.91. The molecule has 2 amide bonds. The van der Waals surface area contributed by atoms with Crippen molar-refractivity contribution in [3.8, 4) is 0 Å². The van der Waals surface area contributed by atoms with E-state index in [-0.39, 0.29) is 11.3 Å². The molecule has 0 radical (unpaired) electrons. The summed E-state index contributed by atoms with van der Waals surface area (Å²) in [4.78, 5) is 24.1. The Labute approximate surface area is 116 Å². The van der Waals surface area contributed by atoms with Gasteiger partial charge in [0, 0.05) is 6.54 Å². The van der Waals surface area contributed by atoms with E-state index in [1.54, 1.807) is 0 Å². The van der Waals surface area contributed by atoms with E-state index in [9.17, 15) is 14.0 Å². The number of rotatable bonds is 6. The van der Waals surface area contributed by atoms with E-state index in [0.717, 1.165) is 19.0 Å². The third kappa shape index (κ3) is 5.23. The normalized spacial score (nSPS) is 10.4. The van der Waals surface area contributed by atoms with Crippen LogP contribution in [0, 0.1) is 5.82 Å². The van der Waals surface area contributed by atoms with Crippen LogP contribution in [0.15, 0.2) is 18.2 Å². The van der Waals surface area contributed by atoms with Crippen molar-refractivity contribution in [2.75, 3.05) is 32.5 Å².